The summed E-state index contributed by atoms with van der Waals surface area (Å²) < 4.78 is 10.7. The summed E-state index contributed by atoms with van der Waals surface area (Å²) >= 11 is 0. The van der Waals surface area contributed by atoms with Gasteiger partial charge in [-0.3, -0.25) is 14.4 Å². The minimum atomic E-state index is -0.660. The first-order valence-corrected chi connectivity index (χ1v) is 11.9. The SMILES string of the molecule is CCN(CC)C(=O)C(NC(=O)c1ccc2c(c1)OCO2)C1CCN(C(=O)c2ccccc2)CC1. The standard InChI is InChI=1S/C26H31N3O5/c1-3-28(4-2)26(32)23(27-24(30)20-10-11-21-22(16-20)34-17-33-21)18-12-14-29(15-13-18)25(31)19-8-6-5-7-9-19/h5-11,16,18,23H,3-4,12-15,17H2,1-2H3,(H,27,30). The maximum absolute atomic E-state index is 13.4. The minimum absolute atomic E-state index is 0.00457. The number of carbonyl (C=O) groups is 3. The molecule has 1 atom stereocenters. The second kappa shape index (κ2) is 10.6. The van der Waals surface area contributed by atoms with Crippen molar-refractivity contribution < 1.29 is 23.9 Å². The van der Waals surface area contributed by atoms with Crippen molar-refractivity contribution in [2.75, 3.05) is 33.0 Å². The molecule has 1 saturated heterocycles. The van der Waals surface area contributed by atoms with E-state index in [0.717, 1.165) is 0 Å². The van der Waals surface area contributed by atoms with Crippen molar-refractivity contribution in [2.24, 2.45) is 5.92 Å². The maximum atomic E-state index is 13.4. The number of amides is 3. The van der Waals surface area contributed by atoms with Crippen LogP contribution in [-0.4, -0.2) is 66.5 Å². The molecule has 0 aliphatic carbocycles. The Labute approximate surface area is 199 Å². The fourth-order valence-electron chi connectivity index (χ4n) is 4.57. The third kappa shape index (κ3) is 5.00. The van der Waals surface area contributed by atoms with E-state index in [1.54, 1.807) is 23.1 Å². The van der Waals surface area contributed by atoms with Crippen LogP contribution in [0.3, 0.4) is 0 Å². The van der Waals surface area contributed by atoms with Crippen molar-refractivity contribution in [1.29, 1.82) is 0 Å². The number of piperidine rings is 1. The van der Waals surface area contributed by atoms with Crippen LogP contribution in [0.25, 0.3) is 0 Å². The molecule has 0 radical (unpaired) electrons. The topological polar surface area (TPSA) is 88.2 Å². The number of ether oxygens (including phenoxy) is 2. The van der Waals surface area contributed by atoms with E-state index in [0.29, 0.717) is 61.6 Å². The van der Waals surface area contributed by atoms with Gasteiger partial charge in [-0.1, -0.05) is 18.2 Å². The van der Waals surface area contributed by atoms with Gasteiger partial charge in [-0.05, 0) is 62.9 Å². The molecular formula is C26H31N3O5. The molecule has 8 nitrogen and oxygen atoms in total. The number of nitrogens with zero attached hydrogens (tertiary/aromatic N) is 2. The summed E-state index contributed by atoms with van der Waals surface area (Å²) in [6, 6.07) is 13.6. The Morgan fingerprint density at radius 3 is 2.32 bits per heavy atom. The lowest BCUT2D eigenvalue weighted by molar-refractivity contribution is -0.134. The van der Waals surface area contributed by atoms with Gasteiger partial charge in [0.25, 0.3) is 11.8 Å². The molecule has 0 bridgehead atoms. The van der Waals surface area contributed by atoms with E-state index in [9.17, 15) is 14.4 Å². The largest absolute Gasteiger partial charge is 0.454 e. The molecule has 2 heterocycles. The van der Waals surface area contributed by atoms with E-state index >= 15 is 0 Å². The lowest BCUT2D eigenvalue weighted by Crippen LogP contribution is -2.54. The molecule has 0 saturated carbocycles. The van der Waals surface area contributed by atoms with Gasteiger partial charge < -0.3 is 24.6 Å². The average molecular weight is 466 g/mol. The highest BCUT2D eigenvalue weighted by molar-refractivity contribution is 5.98. The van der Waals surface area contributed by atoms with E-state index in [2.05, 4.69) is 5.32 Å². The van der Waals surface area contributed by atoms with Crippen molar-refractivity contribution >= 4 is 17.7 Å². The van der Waals surface area contributed by atoms with Crippen LogP contribution in [0.1, 0.15) is 47.4 Å². The average Bonchev–Trinajstić information content (AvgIpc) is 3.36. The molecule has 0 spiro atoms. The summed E-state index contributed by atoms with van der Waals surface area (Å²) in [6.07, 6.45) is 1.27. The van der Waals surface area contributed by atoms with Gasteiger partial charge in [0.05, 0.1) is 0 Å². The number of likely N-dealkylation sites (N-methyl/N-ethyl adjacent to an activating group) is 1. The monoisotopic (exact) mass is 465 g/mol. The van der Waals surface area contributed by atoms with E-state index in [4.69, 9.17) is 9.47 Å². The quantitative estimate of drug-likeness (QED) is 0.679. The van der Waals surface area contributed by atoms with Gasteiger partial charge in [-0.15, -0.1) is 0 Å². The Balaban J connectivity index is 1.47. The Hall–Kier alpha value is -3.55. The van der Waals surface area contributed by atoms with Crippen LogP contribution in [0.4, 0.5) is 0 Å². The molecule has 2 aliphatic rings. The fourth-order valence-corrected chi connectivity index (χ4v) is 4.57. The number of hydrogen-bond acceptors (Lipinski definition) is 5. The molecule has 8 heteroatoms. The molecule has 1 unspecified atom stereocenters. The van der Waals surface area contributed by atoms with E-state index in [1.165, 1.54) is 0 Å². The second-order valence-corrected chi connectivity index (χ2v) is 8.53. The number of benzene rings is 2. The highest BCUT2D eigenvalue weighted by Gasteiger charge is 2.36. The predicted octanol–water partition coefficient (Wildman–Crippen LogP) is 2.93. The van der Waals surface area contributed by atoms with E-state index < -0.39 is 6.04 Å². The van der Waals surface area contributed by atoms with Crippen LogP contribution >= 0.6 is 0 Å². The van der Waals surface area contributed by atoms with Gasteiger partial charge in [-0.2, -0.15) is 0 Å². The molecule has 3 amide bonds. The van der Waals surface area contributed by atoms with Crippen molar-refractivity contribution in [1.82, 2.24) is 15.1 Å². The third-order valence-electron chi connectivity index (χ3n) is 6.58. The lowest BCUT2D eigenvalue weighted by atomic mass is 9.87. The first-order chi connectivity index (χ1) is 16.5. The van der Waals surface area contributed by atoms with Crippen molar-refractivity contribution in [2.45, 2.75) is 32.7 Å². The highest BCUT2D eigenvalue weighted by Crippen LogP contribution is 2.32. The predicted molar refractivity (Wildman–Crippen MR) is 127 cm³/mol. The van der Waals surface area contributed by atoms with Crippen LogP contribution in [0.2, 0.25) is 0 Å². The van der Waals surface area contributed by atoms with E-state index in [-0.39, 0.29) is 30.4 Å². The molecule has 2 aliphatic heterocycles. The zero-order valence-corrected chi connectivity index (χ0v) is 19.7. The van der Waals surface area contributed by atoms with Gasteiger partial charge in [0.2, 0.25) is 12.7 Å². The molecule has 34 heavy (non-hydrogen) atoms. The van der Waals surface area contributed by atoms with Gasteiger partial charge in [0, 0.05) is 37.3 Å². The van der Waals surface area contributed by atoms with Crippen LogP contribution in [0.5, 0.6) is 11.5 Å². The molecular weight excluding hydrogens is 434 g/mol. The molecule has 2 aromatic rings. The van der Waals surface area contributed by atoms with Crippen molar-refractivity contribution in [3.63, 3.8) is 0 Å². The van der Waals surface area contributed by atoms with Gasteiger partial charge >= 0.3 is 0 Å². The number of rotatable bonds is 7. The summed E-state index contributed by atoms with van der Waals surface area (Å²) in [5.41, 5.74) is 1.08. The Bertz CT molecular complexity index is 1030. The number of likely N-dealkylation sites (tertiary alicyclic amines) is 1. The highest BCUT2D eigenvalue weighted by atomic mass is 16.7. The molecule has 1 fully saturated rings. The Morgan fingerprint density at radius 2 is 1.65 bits per heavy atom. The third-order valence-corrected chi connectivity index (χ3v) is 6.58. The number of fused-ring (bicyclic) bond motifs is 1. The zero-order chi connectivity index (χ0) is 24.1. The summed E-state index contributed by atoms with van der Waals surface area (Å²) in [4.78, 5) is 42.9. The van der Waals surface area contributed by atoms with Crippen molar-refractivity contribution in [3.05, 3.63) is 59.7 Å². The second-order valence-electron chi connectivity index (χ2n) is 8.53. The van der Waals surface area contributed by atoms with Gasteiger partial charge in [0.15, 0.2) is 11.5 Å². The van der Waals surface area contributed by atoms with Crippen LogP contribution in [-0.2, 0) is 4.79 Å². The zero-order valence-electron chi connectivity index (χ0n) is 19.7. The Kier molecular flexibility index (Phi) is 7.35. The van der Waals surface area contributed by atoms with Gasteiger partial charge in [0.1, 0.15) is 6.04 Å². The van der Waals surface area contributed by atoms with Crippen molar-refractivity contribution in [3.8, 4) is 11.5 Å². The van der Waals surface area contributed by atoms with Gasteiger partial charge in [-0.25, -0.2) is 0 Å². The first kappa shape index (κ1) is 23.6. The minimum Gasteiger partial charge on any atom is -0.454 e. The summed E-state index contributed by atoms with van der Waals surface area (Å²) in [7, 11) is 0. The van der Waals surface area contributed by atoms with E-state index in [1.807, 2.05) is 49.1 Å². The maximum Gasteiger partial charge on any atom is 0.253 e. The lowest BCUT2D eigenvalue weighted by Gasteiger charge is -2.37. The van der Waals surface area contributed by atoms with Crippen LogP contribution in [0, 0.1) is 5.92 Å². The number of nitrogens with one attached hydrogen (secondary N) is 1. The molecule has 180 valence electrons. The molecule has 0 aromatic heterocycles. The van der Waals surface area contributed by atoms with Crippen LogP contribution in [0.15, 0.2) is 48.5 Å². The fraction of sp³-hybridized carbons (Fsp3) is 0.423. The molecule has 4 rings (SSSR count). The Morgan fingerprint density at radius 1 is 0.971 bits per heavy atom. The summed E-state index contributed by atoms with van der Waals surface area (Å²) in [5.74, 6) is 0.634. The smallest absolute Gasteiger partial charge is 0.253 e. The summed E-state index contributed by atoms with van der Waals surface area (Å²) in [5, 5.41) is 2.99. The molecule has 2 aromatic carbocycles. The van der Waals surface area contributed by atoms with Crippen LogP contribution < -0.4 is 14.8 Å². The number of hydrogen-bond donors (Lipinski definition) is 1. The first-order valence-electron chi connectivity index (χ1n) is 11.9. The molecule has 1 N–H and O–H groups in total. The normalized spacial score (nSPS) is 16.1. The summed E-state index contributed by atoms with van der Waals surface area (Å²) in [6.45, 7) is 6.21. The number of carbonyl (C=O) groups excluding carboxylic acids is 3.